The first-order chi connectivity index (χ1) is 30.3. The summed E-state index contributed by atoms with van der Waals surface area (Å²) in [6.07, 6.45) is 6.75. The number of aromatic nitrogens is 4. The molecule has 0 spiro atoms. The first-order valence-corrected chi connectivity index (χ1v) is 20.8. The van der Waals surface area contributed by atoms with Crippen LogP contribution in [0.5, 0.6) is 0 Å². The number of aromatic amines is 2. The van der Waals surface area contributed by atoms with Crippen LogP contribution in [0, 0.1) is 11.8 Å². The Kier molecular flexibility index (Phi) is 12.4. The van der Waals surface area contributed by atoms with Gasteiger partial charge in [0, 0.05) is 38.3 Å². The molecule has 0 bridgehead atoms. The van der Waals surface area contributed by atoms with Crippen LogP contribution in [0.4, 0.5) is 9.59 Å². The molecule has 6 N–H and O–H groups in total. The van der Waals surface area contributed by atoms with Gasteiger partial charge in [-0.15, -0.1) is 0 Å². The van der Waals surface area contributed by atoms with Crippen LogP contribution in [0.3, 0.4) is 0 Å². The molecule has 6 aromatic rings. The SMILES string of the molecule is CNC(=O)NC(C(=O)N1CCCC1c1ncc(-c2ccc(C#Cc3ccc(-c4cnc(C5CCCN5C(=O)C(NC(=O)NC)c5ccccc5)[nH]4)cc3)cc2)[nH]1)c1ccccc1. The number of urea groups is 2. The van der Waals surface area contributed by atoms with Gasteiger partial charge in [0.05, 0.1) is 35.9 Å². The Labute approximate surface area is 359 Å². The third kappa shape index (κ3) is 9.07. The van der Waals surface area contributed by atoms with Gasteiger partial charge < -0.3 is 41.0 Å². The monoisotopic (exact) mass is 828 g/mol. The van der Waals surface area contributed by atoms with Gasteiger partial charge in [-0.2, -0.15) is 0 Å². The number of carbonyl (C=O) groups is 4. The first-order valence-electron chi connectivity index (χ1n) is 20.8. The highest BCUT2D eigenvalue weighted by atomic mass is 16.2. The Balaban J connectivity index is 0.901. The molecule has 2 aromatic heterocycles. The van der Waals surface area contributed by atoms with Gasteiger partial charge in [-0.3, -0.25) is 9.59 Å². The average Bonchev–Trinajstić information content (AvgIpc) is 4.17. The molecule has 62 heavy (non-hydrogen) atoms. The van der Waals surface area contributed by atoms with E-state index in [1.165, 1.54) is 14.1 Å². The number of carbonyl (C=O) groups excluding carboxylic acids is 4. The third-order valence-electron chi connectivity index (χ3n) is 11.4. The minimum Gasteiger partial charge on any atom is -0.341 e. The van der Waals surface area contributed by atoms with E-state index >= 15 is 0 Å². The van der Waals surface area contributed by atoms with Crippen molar-refractivity contribution in [1.82, 2.24) is 51.0 Å². The minimum atomic E-state index is -0.822. The maximum Gasteiger partial charge on any atom is 0.315 e. The number of rotatable bonds is 10. The van der Waals surface area contributed by atoms with Crippen LogP contribution in [-0.4, -0.2) is 80.8 Å². The Morgan fingerprint density at radius 1 is 0.581 bits per heavy atom. The topological polar surface area (TPSA) is 180 Å². The Bertz CT molecular complexity index is 2400. The van der Waals surface area contributed by atoms with Crippen LogP contribution in [0.2, 0.25) is 0 Å². The van der Waals surface area contributed by atoms with Crippen molar-refractivity contribution in [1.29, 1.82) is 0 Å². The van der Waals surface area contributed by atoms with Gasteiger partial charge in [-0.1, -0.05) is 96.8 Å². The largest absolute Gasteiger partial charge is 0.341 e. The summed E-state index contributed by atoms with van der Waals surface area (Å²) in [6.45, 7) is 1.14. The molecule has 14 heteroatoms. The Morgan fingerprint density at radius 2 is 0.968 bits per heavy atom. The number of hydrogen-bond donors (Lipinski definition) is 6. The van der Waals surface area contributed by atoms with Gasteiger partial charge in [-0.05, 0) is 72.2 Å². The van der Waals surface area contributed by atoms with Crippen molar-refractivity contribution < 1.29 is 19.2 Å². The van der Waals surface area contributed by atoms with Gasteiger partial charge in [0.15, 0.2) is 0 Å². The molecule has 4 atom stereocenters. The highest BCUT2D eigenvalue weighted by Crippen LogP contribution is 2.35. The van der Waals surface area contributed by atoms with Crippen LogP contribution in [0.15, 0.2) is 122 Å². The lowest BCUT2D eigenvalue weighted by atomic mass is 10.0. The molecule has 2 saturated heterocycles. The van der Waals surface area contributed by atoms with Crippen molar-refractivity contribution in [2.75, 3.05) is 27.2 Å². The quantitative estimate of drug-likeness (QED) is 0.0855. The lowest BCUT2D eigenvalue weighted by Gasteiger charge is -2.28. The summed E-state index contributed by atoms with van der Waals surface area (Å²) in [5, 5.41) is 10.7. The fourth-order valence-electron chi connectivity index (χ4n) is 8.15. The van der Waals surface area contributed by atoms with Gasteiger partial charge in [-0.25, -0.2) is 19.6 Å². The molecular formula is C48H48N10O4. The molecular weight excluding hydrogens is 781 g/mol. The van der Waals surface area contributed by atoms with E-state index in [0.29, 0.717) is 35.9 Å². The van der Waals surface area contributed by atoms with Crippen molar-refractivity contribution in [3.8, 4) is 34.4 Å². The fraction of sp³-hybridized carbons (Fsp3) is 0.250. The van der Waals surface area contributed by atoms with Crippen LogP contribution in [-0.2, 0) is 9.59 Å². The van der Waals surface area contributed by atoms with E-state index in [-0.39, 0.29) is 23.9 Å². The molecule has 2 aliphatic rings. The Hall–Kier alpha value is -7.66. The molecule has 8 rings (SSSR count). The van der Waals surface area contributed by atoms with Crippen molar-refractivity contribution in [3.05, 3.63) is 155 Å². The molecule has 0 aliphatic carbocycles. The number of nitrogens with one attached hydrogen (secondary N) is 6. The summed E-state index contributed by atoms with van der Waals surface area (Å²) in [4.78, 5) is 72.3. The Morgan fingerprint density at radius 3 is 1.34 bits per heavy atom. The van der Waals surface area contributed by atoms with Crippen LogP contribution in [0.25, 0.3) is 22.5 Å². The maximum atomic E-state index is 13.9. The minimum absolute atomic E-state index is 0.179. The number of H-pyrrole nitrogens is 2. The lowest BCUT2D eigenvalue weighted by Crippen LogP contribution is -2.45. The summed E-state index contributed by atoms with van der Waals surface area (Å²) in [7, 11) is 3.05. The van der Waals surface area contributed by atoms with Crippen molar-refractivity contribution in [2.24, 2.45) is 0 Å². The van der Waals surface area contributed by atoms with E-state index in [1.54, 1.807) is 22.2 Å². The lowest BCUT2D eigenvalue weighted by molar-refractivity contribution is -0.135. The molecule has 14 nitrogen and oxygen atoms in total. The van der Waals surface area contributed by atoms with Crippen LogP contribution < -0.4 is 21.3 Å². The average molecular weight is 829 g/mol. The van der Waals surface area contributed by atoms with E-state index in [1.807, 2.05) is 109 Å². The number of nitrogens with zero attached hydrogens (tertiary/aromatic N) is 4. The molecule has 2 aliphatic heterocycles. The van der Waals surface area contributed by atoms with Crippen molar-refractivity contribution in [2.45, 2.75) is 49.9 Å². The van der Waals surface area contributed by atoms with Crippen molar-refractivity contribution >= 4 is 23.9 Å². The normalized spacial score (nSPS) is 16.7. The summed E-state index contributed by atoms with van der Waals surface area (Å²) >= 11 is 0. The molecule has 0 saturated carbocycles. The first kappa shape index (κ1) is 41.1. The summed E-state index contributed by atoms with van der Waals surface area (Å²) in [5.41, 5.74) is 6.70. The van der Waals surface area contributed by atoms with E-state index < -0.39 is 24.1 Å². The predicted octanol–water partition coefficient (Wildman–Crippen LogP) is 6.53. The van der Waals surface area contributed by atoms with E-state index in [0.717, 1.165) is 59.3 Å². The second-order valence-corrected chi connectivity index (χ2v) is 15.3. The predicted molar refractivity (Wildman–Crippen MR) is 235 cm³/mol. The van der Waals surface area contributed by atoms with Gasteiger partial charge >= 0.3 is 12.1 Å². The van der Waals surface area contributed by atoms with E-state index in [2.05, 4.69) is 53.0 Å². The molecule has 2 fully saturated rings. The molecule has 6 amide bonds. The van der Waals surface area contributed by atoms with Gasteiger partial charge in [0.1, 0.15) is 23.7 Å². The number of hydrogen-bond acceptors (Lipinski definition) is 6. The van der Waals surface area contributed by atoms with Crippen LogP contribution >= 0.6 is 0 Å². The highest BCUT2D eigenvalue weighted by Gasteiger charge is 2.38. The van der Waals surface area contributed by atoms with Gasteiger partial charge in [0.25, 0.3) is 0 Å². The van der Waals surface area contributed by atoms with Crippen molar-refractivity contribution in [3.63, 3.8) is 0 Å². The number of likely N-dealkylation sites (tertiary alicyclic amines) is 2. The molecule has 4 heterocycles. The third-order valence-corrected chi connectivity index (χ3v) is 11.4. The maximum absolute atomic E-state index is 13.9. The zero-order valence-corrected chi connectivity index (χ0v) is 34.5. The zero-order chi connectivity index (χ0) is 43.0. The molecule has 4 unspecified atom stereocenters. The molecule has 4 aromatic carbocycles. The van der Waals surface area contributed by atoms with E-state index in [4.69, 9.17) is 0 Å². The standard InChI is InChI=1S/C48H48N10O4/c1-49-47(61)55-41(35-11-5-3-6-12-35)45(59)57-27-9-15-39(57)43-51-29-37(53-43)33-23-19-31(20-24-33)17-18-32-21-25-34(26-22-32)38-30-52-44(54-38)40-16-10-28-58(40)46(60)42(56-48(62)50-2)36-13-7-4-8-14-36/h3-8,11-14,19-26,29-30,39-42H,9-10,15-16,27-28H2,1-2H3,(H,51,53)(H,52,54)(H2,49,55,61)(H2,50,56,62). The second kappa shape index (κ2) is 18.7. The number of imidazole rings is 2. The smallest absolute Gasteiger partial charge is 0.315 e. The second-order valence-electron chi connectivity index (χ2n) is 15.3. The summed E-state index contributed by atoms with van der Waals surface area (Å²) < 4.78 is 0. The summed E-state index contributed by atoms with van der Waals surface area (Å²) in [6, 6.07) is 31.4. The summed E-state index contributed by atoms with van der Waals surface area (Å²) in [5.74, 6) is 7.57. The zero-order valence-electron chi connectivity index (χ0n) is 34.5. The number of benzene rings is 4. The fourth-order valence-corrected chi connectivity index (χ4v) is 8.15. The van der Waals surface area contributed by atoms with Gasteiger partial charge in [0.2, 0.25) is 11.8 Å². The van der Waals surface area contributed by atoms with E-state index in [9.17, 15) is 19.2 Å². The highest BCUT2D eigenvalue weighted by molar-refractivity contribution is 5.89. The number of amides is 6. The van der Waals surface area contributed by atoms with Crippen LogP contribution in [0.1, 0.15) is 83.8 Å². The molecule has 0 radical (unpaired) electrons. The molecule has 314 valence electrons.